The van der Waals surface area contributed by atoms with Crippen molar-refractivity contribution in [3.05, 3.63) is 29.3 Å². The van der Waals surface area contributed by atoms with E-state index in [9.17, 15) is 4.79 Å². The lowest BCUT2D eigenvalue weighted by atomic mass is 9.85. The fourth-order valence-corrected chi connectivity index (χ4v) is 3.32. The fraction of sp³-hybridized carbons (Fsp3) is 0.588. The van der Waals surface area contributed by atoms with Crippen LogP contribution < -0.4 is 10.6 Å². The Morgan fingerprint density at radius 3 is 2.80 bits per heavy atom. The van der Waals surface area contributed by atoms with Crippen LogP contribution in [0.2, 0.25) is 0 Å². The van der Waals surface area contributed by atoms with Crippen LogP contribution in [-0.2, 0) is 16.6 Å². The summed E-state index contributed by atoms with van der Waals surface area (Å²) >= 11 is 0. The molecule has 0 unspecified atom stereocenters. The van der Waals surface area contributed by atoms with Crippen LogP contribution in [0.5, 0.6) is 0 Å². The molecule has 3 rings (SSSR count). The van der Waals surface area contributed by atoms with E-state index in [0.717, 1.165) is 30.3 Å². The largest absolute Gasteiger partial charge is 0.325 e. The minimum absolute atomic E-state index is 0.105. The van der Waals surface area contributed by atoms with Crippen molar-refractivity contribution in [2.75, 3.05) is 11.9 Å². The molecule has 1 fully saturated rings. The monoisotopic (exact) mass is 272 g/mol. The van der Waals surface area contributed by atoms with Gasteiger partial charge in [0, 0.05) is 11.7 Å². The van der Waals surface area contributed by atoms with Crippen LogP contribution in [0.15, 0.2) is 18.2 Å². The number of anilines is 1. The summed E-state index contributed by atoms with van der Waals surface area (Å²) < 4.78 is 0. The SMILES string of the molecule is CC1(C)C(=O)Nc2ccc(CCNC3CCCC3)cc21. The third-order valence-electron chi connectivity index (χ3n) is 4.78. The van der Waals surface area contributed by atoms with Gasteiger partial charge in [0.15, 0.2) is 0 Å². The maximum Gasteiger partial charge on any atom is 0.234 e. The van der Waals surface area contributed by atoms with Gasteiger partial charge in [-0.15, -0.1) is 0 Å². The summed E-state index contributed by atoms with van der Waals surface area (Å²) in [5, 5.41) is 6.61. The molecule has 2 N–H and O–H groups in total. The molecule has 0 atom stereocenters. The van der Waals surface area contributed by atoms with Crippen LogP contribution in [-0.4, -0.2) is 18.5 Å². The second-order valence-electron chi connectivity index (χ2n) is 6.64. The lowest BCUT2D eigenvalue weighted by Crippen LogP contribution is -2.28. The Morgan fingerprint density at radius 2 is 2.05 bits per heavy atom. The van der Waals surface area contributed by atoms with Crippen molar-refractivity contribution in [3.8, 4) is 0 Å². The highest BCUT2D eigenvalue weighted by atomic mass is 16.2. The molecule has 0 spiro atoms. The maximum absolute atomic E-state index is 11.9. The normalized spacial score (nSPS) is 21.0. The first-order valence-corrected chi connectivity index (χ1v) is 7.75. The minimum atomic E-state index is -0.399. The van der Waals surface area contributed by atoms with Crippen molar-refractivity contribution in [3.63, 3.8) is 0 Å². The van der Waals surface area contributed by atoms with E-state index in [0.29, 0.717) is 0 Å². The Kier molecular flexibility index (Phi) is 3.55. The minimum Gasteiger partial charge on any atom is -0.325 e. The van der Waals surface area contributed by atoms with E-state index >= 15 is 0 Å². The average Bonchev–Trinajstić information content (AvgIpc) is 2.99. The van der Waals surface area contributed by atoms with Crippen molar-refractivity contribution in [2.24, 2.45) is 0 Å². The molecule has 0 saturated heterocycles. The highest BCUT2D eigenvalue weighted by Crippen LogP contribution is 2.37. The zero-order valence-corrected chi connectivity index (χ0v) is 12.5. The van der Waals surface area contributed by atoms with Crippen molar-refractivity contribution in [1.29, 1.82) is 0 Å². The molecule has 1 amide bonds. The van der Waals surface area contributed by atoms with Crippen molar-refractivity contribution >= 4 is 11.6 Å². The van der Waals surface area contributed by atoms with Gasteiger partial charge in [-0.3, -0.25) is 4.79 Å². The van der Waals surface area contributed by atoms with Gasteiger partial charge in [-0.1, -0.05) is 25.0 Å². The molecule has 1 saturated carbocycles. The lowest BCUT2D eigenvalue weighted by molar-refractivity contribution is -0.119. The zero-order chi connectivity index (χ0) is 14.2. The number of carbonyl (C=O) groups is 1. The highest BCUT2D eigenvalue weighted by Gasteiger charge is 2.38. The van der Waals surface area contributed by atoms with Crippen molar-refractivity contribution in [2.45, 2.75) is 57.4 Å². The molecular formula is C17H24N2O. The standard InChI is InChI=1S/C17H24N2O/c1-17(2)14-11-12(7-8-15(14)19-16(17)20)9-10-18-13-5-3-4-6-13/h7-8,11,13,18H,3-6,9-10H2,1-2H3,(H,19,20). The Bertz CT molecular complexity index is 516. The van der Waals surface area contributed by atoms with Gasteiger partial charge in [-0.25, -0.2) is 0 Å². The molecule has 3 heteroatoms. The van der Waals surface area contributed by atoms with E-state index in [-0.39, 0.29) is 5.91 Å². The summed E-state index contributed by atoms with van der Waals surface area (Å²) in [6, 6.07) is 7.11. The molecule has 0 bridgehead atoms. The van der Waals surface area contributed by atoms with E-state index in [1.807, 2.05) is 19.9 Å². The number of hydrogen-bond acceptors (Lipinski definition) is 2. The van der Waals surface area contributed by atoms with Crippen molar-refractivity contribution in [1.82, 2.24) is 5.32 Å². The van der Waals surface area contributed by atoms with Crippen LogP contribution in [0.25, 0.3) is 0 Å². The van der Waals surface area contributed by atoms with Crippen molar-refractivity contribution < 1.29 is 4.79 Å². The molecule has 1 aliphatic carbocycles. The number of rotatable bonds is 4. The first-order valence-electron chi connectivity index (χ1n) is 7.75. The summed E-state index contributed by atoms with van der Waals surface area (Å²) in [5.74, 6) is 0.105. The van der Waals surface area contributed by atoms with E-state index in [1.54, 1.807) is 0 Å². The number of fused-ring (bicyclic) bond motifs is 1. The van der Waals surface area contributed by atoms with Crippen LogP contribution in [0, 0.1) is 0 Å². The Morgan fingerprint density at radius 1 is 1.30 bits per heavy atom. The lowest BCUT2D eigenvalue weighted by Gasteiger charge is -2.16. The van der Waals surface area contributed by atoms with E-state index < -0.39 is 5.41 Å². The topological polar surface area (TPSA) is 41.1 Å². The maximum atomic E-state index is 11.9. The second kappa shape index (κ2) is 5.21. The molecule has 1 aromatic rings. The van der Waals surface area contributed by atoms with Gasteiger partial charge >= 0.3 is 0 Å². The second-order valence-corrected chi connectivity index (χ2v) is 6.64. The molecule has 20 heavy (non-hydrogen) atoms. The van der Waals surface area contributed by atoms with Gasteiger partial charge in [0.2, 0.25) is 5.91 Å². The first-order chi connectivity index (χ1) is 9.57. The number of nitrogens with one attached hydrogen (secondary N) is 2. The zero-order valence-electron chi connectivity index (χ0n) is 12.5. The molecule has 3 nitrogen and oxygen atoms in total. The summed E-state index contributed by atoms with van der Waals surface area (Å²) in [6.45, 7) is 5.02. The predicted molar refractivity (Wildman–Crippen MR) is 82.1 cm³/mol. The average molecular weight is 272 g/mol. The number of benzene rings is 1. The van der Waals surface area contributed by atoms with E-state index in [4.69, 9.17) is 0 Å². The molecule has 1 aliphatic heterocycles. The smallest absolute Gasteiger partial charge is 0.234 e. The third-order valence-corrected chi connectivity index (χ3v) is 4.78. The van der Waals surface area contributed by atoms with Crippen LogP contribution in [0.1, 0.15) is 50.7 Å². The molecular weight excluding hydrogens is 248 g/mol. The Balaban J connectivity index is 1.64. The summed E-state index contributed by atoms with van der Waals surface area (Å²) in [5.41, 5.74) is 3.04. The van der Waals surface area contributed by atoms with Gasteiger partial charge in [0.05, 0.1) is 5.41 Å². The number of hydrogen-bond donors (Lipinski definition) is 2. The van der Waals surface area contributed by atoms with Gasteiger partial charge in [-0.2, -0.15) is 0 Å². The summed E-state index contributed by atoms with van der Waals surface area (Å²) in [6.07, 6.45) is 6.44. The summed E-state index contributed by atoms with van der Waals surface area (Å²) in [4.78, 5) is 11.9. The molecule has 108 valence electrons. The Hall–Kier alpha value is -1.35. The molecule has 2 aliphatic rings. The fourth-order valence-electron chi connectivity index (χ4n) is 3.32. The number of carbonyl (C=O) groups excluding carboxylic acids is 1. The molecule has 0 radical (unpaired) electrons. The molecule has 1 heterocycles. The number of amides is 1. The van der Waals surface area contributed by atoms with Crippen LogP contribution in [0.3, 0.4) is 0 Å². The van der Waals surface area contributed by atoms with Crippen LogP contribution >= 0.6 is 0 Å². The van der Waals surface area contributed by atoms with E-state index in [2.05, 4.69) is 22.8 Å². The first kappa shape index (κ1) is 13.6. The predicted octanol–water partition coefficient (Wildman–Crippen LogP) is 2.99. The quantitative estimate of drug-likeness (QED) is 0.884. The van der Waals surface area contributed by atoms with E-state index in [1.165, 1.54) is 31.2 Å². The van der Waals surface area contributed by atoms with Crippen LogP contribution in [0.4, 0.5) is 5.69 Å². The van der Waals surface area contributed by atoms with Gasteiger partial charge in [0.1, 0.15) is 0 Å². The van der Waals surface area contributed by atoms with Gasteiger partial charge < -0.3 is 10.6 Å². The molecule has 0 aromatic heterocycles. The third kappa shape index (κ3) is 2.47. The highest BCUT2D eigenvalue weighted by molar-refractivity contribution is 6.05. The Labute approximate surface area is 121 Å². The molecule has 1 aromatic carbocycles. The van der Waals surface area contributed by atoms with Gasteiger partial charge in [0.25, 0.3) is 0 Å². The van der Waals surface area contributed by atoms with Gasteiger partial charge in [-0.05, 0) is 56.8 Å². The summed E-state index contributed by atoms with van der Waals surface area (Å²) in [7, 11) is 0.